The first kappa shape index (κ1) is 12.1. The highest BCUT2D eigenvalue weighted by Crippen LogP contribution is 2.09. The lowest BCUT2D eigenvalue weighted by Gasteiger charge is -2.20. The molecule has 5 heteroatoms. The Labute approximate surface area is 101 Å². The number of carbonyl (C=O) groups is 1. The predicted molar refractivity (Wildman–Crippen MR) is 62.8 cm³/mol. The van der Waals surface area contributed by atoms with Crippen molar-refractivity contribution in [1.29, 1.82) is 0 Å². The maximum Gasteiger partial charge on any atom is 0.289 e. The van der Waals surface area contributed by atoms with Crippen molar-refractivity contribution in [2.75, 3.05) is 39.3 Å². The number of aliphatic hydroxyl groups is 1. The van der Waals surface area contributed by atoms with Crippen molar-refractivity contribution in [1.82, 2.24) is 9.80 Å². The van der Waals surface area contributed by atoms with Crippen LogP contribution in [0.2, 0.25) is 0 Å². The standard InChI is InChI=1S/C12H18N2O3/c15-9-8-13-4-2-5-14(7-6-13)12(16)11-3-1-10-17-11/h1,3,10,15H,2,4-9H2. The van der Waals surface area contributed by atoms with Crippen molar-refractivity contribution in [2.24, 2.45) is 0 Å². The molecule has 1 aliphatic rings. The molecule has 0 bridgehead atoms. The molecule has 0 aromatic carbocycles. The molecule has 0 unspecified atom stereocenters. The fourth-order valence-corrected chi connectivity index (χ4v) is 2.10. The van der Waals surface area contributed by atoms with Crippen LogP contribution in [0.4, 0.5) is 0 Å². The van der Waals surface area contributed by atoms with Crippen LogP contribution in [0.1, 0.15) is 17.0 Å². The molecule has 1 N–H and O–H groups in total. The molecular formula is C12H18N2O3. The number of carbonyl (C=O) groups excluding carboxylic acids is 1. The molecule has 0 saturated carbocycles. The molecule has 1 amide bonds. The summed E-state index contributed by atoms with van der Waals surface area (Å²) in [7, 11) is 0. The second-order valence-corrected chi connectivity index (χ2v) is 4.19. The van der Waals surface area contributed by atoms with Gasteiger partial charge in [-0.1, -0.05) is 0 Å². The van der Waals surface area contributed by atoms with E-state index in [1.165, 1.54) is 6.26 Å². The van der Waals surface area contributed by atoms with Gasteiger partial charge in [0.2, 0.25) is 0 Å². The molecule has 1 aliphatic heterocycles. The fraction of sp³-hybridized carbons (Fsp3) is 0.583. The number of nitrogens with zero attached hydrogens (tertiary/aromatic N) is 2. The zero-order valence-electron chi connectivity index (χ0n) is 9.84. The van der Waals surface area contributed by atoms with Gasteiger partial charge in [0.05, 0.1) is 12.9 Å². The van der Waals surface area contributed by atoms with Crippen molar-refractivity contribution in [2.45, 2.75) is 6.42 Å². The lowest BCUT2D eigenvalue weighted by Crippen LogP contribution is -2.35. The highest BCUT2D eigenvalue weighted by Gasteiger charge is 2.21. The topological polar surface area (TPSA) is 56.9 Å². The van der Waals surface area contributed by atoms with Crippen LogP contribution in [0.15, 0.2) is 22.8 Å². The number of hydrogen-bond donors (Lipinski definition) is 1. The second-order valence-electron chi connectivity index (χ2n) is 4.19. The molecule has 1 fully saturated rings. The van der Waals surface area contributed by atoms with Crippen LogP contribution in [0.3, 0.4) is 0 Å². The molecule has 17 heavy (non-hydrogen) atoms. The lowest BCUT2D eigenvalue weighted by atomic mass is 10.3. The smallest absolute Gasteiger partial charge is 0.289 e. The Kier molecular flexibility index (Phi) is 4.17. The van der Waals surface area contributed by atoms with Crippen LogP contribution in [0, 0.1) is 0 Å². The minimum atomic E-state index is -0.0409. The van der Waals surface area contributed by atoms with Crippen molar-refractivity contribution in [3.05, 3.63) is 24.2 Å². The Morgan fingerprint density at radius 1 is 1.35 bits per heavy atom. The molecule has 94 valence electrons. The monoisotopic (exact) mass is 238 g/mol. The summed E-state index contributed by atoms with van der Waals surface area (Å²) in [6.07, 6.45) is 2.45. The summed E-state index contributed by atoms with van der Waals surface area (Å²) in [6.45, 7) is 4.05. The van der Waals surface area contributed by atoms with Crippen molar-refractivity contribution < 1.29 is 14.3 Å². The molecule has 2 heterocycles. The Morgan fingerprint density at radius 2 is 2.24 bits per heavy atom. The summed E-state index contributed by atoms with van der Waals surface area (Å²) in [4.78, 5) is 16.0. The first-order valence-corrected chi connectivity index (χ1v) is 5.97. The number of hydrogen-bond acceptors (Lipinski definition) is 4. The van der Waals surface area contributed by atoms with Gasteiger partial charge >= 0.3 is 0 Å². The minimum Gasteiger partial charge on any atom is -0.459 e. The van der Waals surface area contributed by atoms with Crippen LogP contribution < -0.4 is 0 Å². The van der Waals surface area contributed by atoms with Gasteiger partial charge in [0.15, 0.2) is 5.76 Å². The Morgan fingerprint density at radius 3 is 2.94 bits per heavy atom. The number of furan rings is 1. The van der Waals surface area contributed by atoms with Crippen LogP contribution in [-0.4, -0.2) is 60.1 Å². The van der Waals surface area contributed by atoms with Gasteiger partial charge in [-0.2, -0.15) is 0 Å². The van der Waals surface area contributed by atoms with E-state index in [9.17, 15) is 4.79 Å². The van der Waals surface area contributed by atoms with E-state index in [1.807, 2.05) is 4.90 Å². The highest BCUT2D eigenvalue weighted by atomic mass is 16.3. The first-order valence-electron chi connectivity index (χ1n) is 5.97. The molecule has 0 spiro atoms. The third-order valence-electron chi connectivity index (χ3n) is 3.02. The van der Waals surface area contributed by atoms with Gasteiger partial charge < -0.3 is 14.4 Å². The number of amides is 1. The van der Waals surface area contributed by atoms with Gasteiger partial charge in [0.25, 0.3) is 5.91 Å². The van der Waals surface area contributed by atoms with Crippen molar-refractivity contribution in [3.63, 3.8) is 0 Å². The Bertz CT molecular complexity index is 351. The largest absolute Gasteiger partial charge is 0.459 e. The highest BCUT2D eigenvalue weighted by molar-refractivity contribution is 5.91. The van der Waals surface area contributed by atoms with E-state index in [-0.39, 0.29) is 12.5 Å². The van der Waals surface area contributed by atoms with E-state index >= 15 is 0 Å². The molecule has 2 rings (SSSR count). The van der Waals surface area contributed by atoms with Crippen molar-refractivity contribution >= 4 is 5.91 Å². The van der Waals surface area contributed by atoms with Gasteiger partial charge in [-0.3, -0.25) is 9.69 Å². The van der Waals surface area contributed by atoms with Crippen molar-refractivity contribution in [3.8, 4) is 0 Å². The molecule has 1 aromatic heterocycles. The number of β-amino-alcohol motifs (C(OH)–C–C–N with tert-alkyl or cyclic N) is 1. The average molecular weight is 238 g/mol. The van der Waals surface area contributed by atoms with E-state index in [0.29, 0.717) is 18.8 Å². The van der Waals surface area contributed by atoms with E-state index in [0.717, 1.165) is 26.1 Å². The van der Waals surface area contributed by atoms with Gasteiger partial charge in [0.1, 0.15) is 0 Å². The summed E-state index contributed by atoms with van der Waals surface area (Å²) in [5.74, 6) is 0.362. The van der Waals surface area contributed by atoms with Gasteiger partial charge in [-0.05, 0) is 25.1 Å². The van der Waals surface area contributed by atoms with Gasteiger partial charge in [-0.25, -0.2) is 0 Å². The molecule has 1 aromatic rings. The van der Waals surface area contributed by atoms with Crippen LogP contribution in [0.25, 0.3) is 0 Å². The van der Waals surface area contributed by atoms with E-state index in [2.05, 4.69) is 4.90 Å². The minimum absolute atomic E-state index is 0.0409. The molecule has 0 atom stereocenters. The van der Waals surface area contributed by atoms with Crippen LogP contribution in [0.5, 0.6) is 0 Å². The average Bonchev–Trinajstić information content (AvgIpc) is 2.76. The summed E-state index contributed by atoms with van der Waals surface area (Å²) in [6, 6.07) is 3.42. The SMILES string of the molecule is O=C(c1ccco1)N1CCCN(CCO)CC1. The Balaban J connectivity index is 1.92. The molecule has 0 aliphatic carbocycles. The molecule has 5 nitrogen and oxygen atoms in total. The maximum atomic E-state index is 12.0. The third-order valence-corrected chi connectivity index (χ3v) is 3.02. The predicted octanol–water partition coefficient (Wildman–Crippen LogP) is 0.420. The third kappa shape index (κ3) is 3.08. The zero-order chi connectivity index (χ0) is 12.1. The van der Waals surface area contributed by atoms with Gasteiger partial charge in [-0.15, -0.1) is 0 Å². The molecule has 0 radical (unpaired) electrons. The molecular weight excluding hydrogens is 220 g/mol. The summed E-state index contributed by atoms with van der Waals surface area (Å²) < 4.78 is 5.12. The van der Waals surface area contributed by atoms with Crippen LogP contribution in [-0.2, 0) is 0 Å². The van der Waals surface area contributed by atoms with E-state index in [4.69, 9.17) is 9.52 Å². The first-order chi connectivity index (χ1) is 8.31. The fourth-order valence-electron chi connectivity index (χ4n) is 2.10. The summed E-state index contributed by atoms with van der Waals surface area (Å²) in [5.41, 5.74) is 0. The summed E-state index contributed by atoms with van der Waals surface area (Å²) in [5, 5.41) is 8.90. The zero-order valence-corrected chi connectivity index (χ0v) is 9.84. The normalized spacial score (nSPS) is 18.1. The maximum absolute atomic E-state index is 12.0. The number of rotatable bonds is 3. The van der Waals surface area contributed by atoms with Crippen LogP contribution >= 0.6 is 0 Å². The quantitative estimate of drug-likeness (QED) is 0.829. The lowest BCUT2D eigenvalue weighted by molar-refractivity contribution is 0.0728. The number of aliphatic hydroxyl groups excluding tert-OH is 1. The van der Waals surface area contributed by atoms with E-state index in [1.54, 1.807) is 12.1 Å². The summed E-state index contributed by atoms with van der Waals surface area (Å²) >= 11 is 0. The molecule has 1 saturated heterocycles. The second kappa shape index (κ2) is 5.84. The van der Waals surface area contributed by atoms with Gasteiger partial charge in [0, 0.05) is 26.2 Å². The van der Waals surface area contributed by atoms with E-state index < -0.39 is 0 Å². The Hall–Kier alpha value is -1.33.